The van der Waals surface area contributed by atoms with Crippen molar-refractivity contribution in [2.45, 2.75) is 0 Å². The number of fused-ring (bicyclic) bond motifs is 8. The minimum absolute atomic E-state index is 0.908. The summed E-state index contributed by atoms with van der Waals surface area (Å²) in [6.45, 7) is 0. The number of benzene rings is 9. The van der Waals surface area contributed by atoms with Crippen LogP contribution in [0.4, 0.5) is 17.1 Å². The molecule has 11 rings (SSSR count). The minimum atomic E-state index is 0.908. The number of anilines is 3. The van der Waals surface area contributed by atoms with Gasteiger partial charge in [0.25, 0.3) is 0 Å². The van der Waals surface area contributed by atoms with Crippen LogP contribution < -0.4 is 4.90 Å². The van der Waals surface area contributed by atoms with Crippen molar-refractivity contribution in [1.29, 1.82) is 0 Å². The van der Waals surface area contributed by atoms with Gasteiger partial charge in [0.15, 0.2) is 0 Å². The molecule has 3 heteroatoms. The van der Waals surface area contributed by atoms with E-state index in [4.69, 9.17) is 4.42 Å². The molecule has 258 valence electrons. The summed E-state index contributed by atoms with van der Waals surface area (Å²) in [7, 11) is 0. The van der Waals surface area contributed by atoms with Gasteiger partial charge in [-0.3, -0.25) is 0 Å². The maximum absolute atomic E-state index is 6.55. The van der Waals surface area contributed by atoms with Gasteiger partial charge in [-0.25, -0.2) is 0 Å². The summed E-state index contributed by atoms with van der Waals surface area (Å²) in [5, 5.41) is 7.01. The number of para-hydroxylation sites is 4. The van der Waals surface area contributed by atoms with E-state index in [-0.39, 0.29) is 0 Å². The molecule has 0 aliphatic heterocycles. The van der Waals surface area contributed by atoms with Crippen LogP contribution in [-0.4, -0.2) is 4.57 Å². The van der Waals surface area contributed by atoms with Crippen molar-refractivity contribution in [2.75, 3.05) is 4.90 Å². The van der Waals surface area contributed by atoms with Crippen LogP contribution in [0.15, 0.2) is 211 Å². The third-order valence-corrected chi connectivity index (χ3v) is 11.0. The van der Waals surface area contributed by atoms with Crippen molar-refractivity contribution in [3.63, 3.8) is 0 Å². The Kier molecular flexibility index (Phi) is 7.17. The number of rotatable bonds is 6. The third kappa shape index (κ3) is 5.05. The van der Waals surface area contributed by atoms with Gasteiger partial charge in [-0.05, 0) is 88.3 Å². The molecule has 0 atom stereocenters. The second kappa shape index (κ2) is 12.6. The standard InChI is InChI=1S/C52H34N2O/c1-3-13-35(14-4-1)36-25-30-40(31-26-36)53(48-23-12-21-45-43-18-7-9-22-47(43)54(51(45)48)39-16-5-2-6-17-39)41-32-27-37(28-33-41)42-20-11-15-38-29-34-46-44-19-8-10-24-49(44)55-52(46)50(38)42/h1-34H. The van der Waals surface area contributed by atoms with Crippen LogP contribution in [0.1, 0.15) is 0 Å². The first-order chi connectivity index (χ1) is 27.3. The summed E-state index contributed by atoms with van der Waals surface area (Å²) in [4.78, 5) is 2.40. The van der Waals surface area contributed by atoms with Gasteiger partial charge in [0.05, 0.1) is 16.7 Å². The van der Waals surface area contributed by atoms with Gasteiger partial charge in [0.1, 0.15) is 11.2 Å². The van der Waals surface area contributed by atoms with Crippen LogP contribution in [0.2, 0.25) is 0 Å². The Labute approximate surface area is 318 Å². The highest BCUT2D eigenvalue weighted by molar-refractivity contribution is 6.19. The average molecular weight is 703 g/mol. The lowest BCUT2D eigenvalue weighted by molar-refractivity contribution is 0.673. The molecule has 0 bridgehead atoms. The number of furan rings is 1. The summed E-state index contributed by atoms with van der Waals surface area (Å²) in [6, 6.07) is 73.9. The average Bonchev–Trinajstić information content (AvgIpc) is 3.81. The summed E-state index contributed by atoms with van der Waals surface area (Å²) in [6.07, 6.45) is 0. The van der Waals surface area contributed by atoms with Crippen LogP contribution in [-0.2, 0) is 0 Å². The van der Waals surface area contributed by atoms with E-state index in [1.807, 2.05) is 6.07 Å². The molecular formula is C52H34N2O. The highest BCUT2D eigenvalue weighted by Gasteiger charge is 2.22. The molecule has 0 spiro atoms. The van der Waals surface area contributed by atoms with Crippen LogP contribution in [0, 0.1) is 0 Å². The van der Waals surface area contributed by atoms with Gasteiger partial charge in [-0.1, -0.05) is 146 Å². The second-order valence-electron chi connectivity index (χ2n) is 14.1. The molecule has 0 saturated heterocycles. The van der Waals surface area contributed by atoms with Crippen molar-refractivity contribution in [3.05, 3.63) is 206 Å². The van der Waals surface area contributed by atoms with E-state index in [9.17, 15) is 0 Å². The SMILES string of the molecule is c1ccc(-c2ccc(N(c3ccc(-c4cccc5ccc6c7ccccc7oc6c45)cc3)c3cccc4c5ccccc5n(-c5ccccc5)c34)cc2)cc1. The fourth-order valence-electron chi connectivity index (χ4n) is 8.47. The first-order valence-corrected chi connectivity index (χ1v) is 18.8. The molecule has 0 fully saturated rings. The van der Waals surface area contributed by atoms with E-state index in [0.717, 1.165) is 72.1 Å². The summed E-state index contributed by atoms with van der Waals surface area (Å²) < 4.78 is 8.96. The smallest absolute Gasteiger partial charge is 0.143 e. The molecule has 0 radical (unpaired) electrons. The molecule has 55 heavy (non-hydrogen) atoms. The topological polar surface area (TPSA) is 21.3 Å². The van der Waals surface area contributed by atoms with Gasteiger partial charge < -0.3 is 13.9 Å². The Morgan fingerprint density at radius 3 is 1.80 bits per heavy atom. The van der Waals surface area contributed by atoms with E-state index in [0.29, 0.717) is 0 Å². The van der Waals surface area contributed by atoms with Crippen molar-refractivity contribution in [1.82, 2.24) is 4.57 Å². The van der Waals surface area contributed by atoms with E-state index >= 15 is 0 Å². The second-order valence-corrected chi connectivity index (χ2v) is 14.1. The Morgan fingerprint density at radius 2 is 1.02 bits per heavy atom. The van der Waals surface area contributed by atoms with Crippen LogP contribution in [0.3, 0.4) is 0 Å². The zero-order valence-corrected chi connectivity index (χ0v) is 29.9. The number of hydrogen-bond acceptors (Lipinski definition) is 2. The maximum atomic E-state index is 6.55. The molecule has 3 nitrogen and oxygen atoms in total. The highest BCUT2D eigenvalue weighted by Crippen LogP contribution is 2.45. The van der Waals surface area contributed by atoms with E-state index in [2.05, 4.69) is 210 Å². The maximum Gasteiger partial charge on any atom is 0.143 e. The Morgan fingerprint density at radius 1 is 0.400 bits per heavy atom. The Balaban J connectivity index is 1.12. The first kappa shape index (κ1) is 31.2. The molecule has 0 aliphatic carbocycles. The monoisotopic (exact) mass is 702 g/mol. The molecule has 2 aromatic heterocycles. The molecule has 0 saturated carbocycles. The van der Waals surface area contributed by atoms with Crippen LogP contribution in [0.25, 0.3) is 82.5 Å². The Bertz CT molecular complexity index is 3180. The minimum Gasteiger partial charge on any atom is -0.455 e. The predicted octanol–water partition coefficient (Wildman–Crippen LogP) is 14.6. The van der Waals surface area contributed by atoms with Gasteiger partial charge in [-0.2, -0.15) is 0 Å². The van der Waals surface area contributed by atoms with Gasteiger partial charge in [-0.15, -0.1) is 0 Å². The summed E-state index contributed by atoms with van der Waals surface area (Å²) >= 11 is 0. The van der Waals surface area contributed by atoms with E-state index in [1.54, 1.807) is 0 Å². The largest absolute Gasteiger partial charge is 0.455 e. The fraction of sp³-hybridized carbons (Fsp3) is 0. The third-order valence-electron chi connectivity index (χ3n) is 11.0. The van der Waals surface area contributed by atoms with E-state index in [1.165, 1.54) is 27.4 Å². The molecule has 0 unspecified atom stereocenters. The van der Waals surface area contributed by atoms with Gasteiger partial charge in [0.2, 0.25) is 0 Å². The first-order valence-electron chi connectivity index (χ1n) is 18.8. The lowest BCUT2D eigenvalue weighted by Crippen LogP contribution is -2.11. The van der Waals surface area contributed by atoms with Crippen LogP contribution >= 0.6 is 0 Å². The predicted molar refractivity (Wildman–Crippen MR) is 231 cm³/mol. The van der Waals surface area contributed by atoms with Gasteiger partial charge >= 0.3 is 0 Å². The molecule has 11 aromatic rings. The normalized spacial score (nSPS) is 11.6. The molecule has 0 N–H and O–H groups in total. The highest BCUT2D eigenvalue weighted by atomic mass is 16.3. The quantitative estimate of drug-likeness (QED) is 0.172. The van der Waals surface area contributed by atoms with Gasteiger partial charge in [0, 0.05) is 44.0 Å². The van der Waals surface area contributed by atoms with Crippen molar-refractivity contribution in [3.8, 4) is 27.9 Å². The number of hydrogen-bond donors (Lipinski definition) is 0. The molecular weight excluding hydrogens is 669 g/mol. The molecule has 0 aliphatic rings. The number of nitrogens with zero attached hydrogens (tertiary/aromatic N) is 2. The van der Waals surface area contributed by atoms with Crippen LogP contribution in [0.5, 0.6) is 0 Å². The van der Waals surface area contributed by atoms with Crippen molar-refractivity contribution >= 4 is 71.6 Å². The molecule has 0 amide bonds. The fourth-order valence-corrected chi connectivity index (χ4v) is 8.47. The molecule has 9 aromatic carbocycles. The summed E-state index contributed by atoms with van der Waals surface area (Å²) in [5.41, 5.74) is 13.2. The zero-order chi connectivity index (χ0) is 36.3. The molecule has 2 heterocycles. The zero-order valence-electron chi connectivity index (χ0n) is 29.9. The van der Waals surface area contributed by atoms with Crippen molar-refractivity contribution < 1.29 is 4.42 Å². The van der Waals surface area contributed by atoms with Crippen molar-refractivity contribution in [2.24, 2.45) is 0 Å². The van der Waals surface area contributed by atoms with E-state index < -0.39 is 0 Å². The Hall–Kier alpha value is -7.36. The lowest BCUT2D eigenvalue weighted by atomic mass is 9.96. The lowest BCUT2D eigenvalue weighted by Gasteiger charge is -2.27. The summed E-state index contributed by atoms with van der Waals surface area (Å²) in [5.74, 6) is 0. The number of aromatic nitrogens is 1.